The van der Waals surface area contributed by atoms with Gasteiger partial charge in [-0.05, 0) is 32.3 Å². The molecule has 1 atom stereocenters. The summed E-state index contributed by atoms with van der Waals surface area (Å²) in [6, 6.07) is 4.59. The summed E-state index contributed by atoms with van der Waals surface area (Å²) in [6.45, 7) is 0. The smallest absolute Gasteiger partial charge is 0.123 e. The van der Waals surface area contributed by atoms with Crippen LogP contribution in [0.1, 0.15) is 11.6 Å². The van der Waals surface area contributed by atoms with Crippen LogP contribution in [0.4, 0.5) is 4.39 Å². The minimum absolute atomic E-state index is 0.0546. The minimum Gasteiger partial charge on any atom is -0.496 e. The Labute approximate surface area is 95.5 Å². The van der Waals surface area contributed by atoms with Gasteiger partial charge in [0.05, 0.1) is 7.11 Å². The fraction of sp³-hybridized carbons (Fsp3) is 0.455. The van der Waals surface area contributed by atoms with Crippen molar-refractivity contribution in [1.29, 1.82) is 0 Å². The van der Waals surface area contributed by atoms with Crippen molar-refractivity contribution in [2.75, 3.05) is 27.0 Å². The lowest BCUT2D eigenvalue weighted by Gasteiger charge is -2.24. The second-order valence-corrected chi connectivity index (χ2v) is 3.91. The third kappa shape index (κ3) is 2.86. The molecule has 4 heteroatoms. The van der Waals surface area contributed by atoms with E-state index in [2.05, 4.69) is 12.6 Å². The van der Waals surface area contributed by atoms with E-state index in [1.54, 1.807) is 13.2 Å². The lowest BCUT2D eigenvalue weighted by atomic mass is 10.1. The van der Waals surface area contributed by atoms with E-state index in [1.807, 2.05) is 19.0 Å². The molecule has 15 heavy (non-hydrogen) atoms. The van der Waals surface area contributed by atoms with Crippen LogP contribution in [0.3, 0.4) is 0 Å². The van der Waals surface area contributed by atoms with E-state index in [-0.39, 0.29) is 11.9 Å². The van der Waals surface area contributed by atoms with Crippen LogP contribution in [-0.2, 0) is 0 Å². The van der Waals surface area contributed by atoms with Crippen LogP contribution in [0, 0.1) is 5.82 Å². The highest BCUT2D eigenvalue weighted by molar-refractivity contribution is 7.80. The zero-order chi connectivity index (χ0) is 11.4. The summed E-state index contributed by atoms with van der Waals surface area (Å²) in [5.41, 5.74) is 0.831. The van der Waals surface area contributed by atoms with Gasteiger partial charge in [-0.15, -0.1) is 0 Å². The van der Waals surface area contributed by atoms with Gasteiger partial charge in [0.15, 0.2) is 0 Å². The maximum absolute atomic E-state index is 13.1. The third-order valence-corrected chi connectivity index (χ3v) is 2.69. The van der Waals surface area contributed by atoms with E-state index >= 15 is 0 Å². The number of thiol groups is 1. The molecule has 0 radical (unpaired) electrons. The Morgan fingerprint density at radius 3 is 2.60 bits per heavy atom. The van der Waals surface area contributed by atoms with Gasteiger partial charge in [-0.3, -0.25) is 0 Å². The van der Waals surface area contributed by atoms with Crippen LogP contribution >= 0.6 is 12.6 Å². The molecule has 0 aliphatic carbocycles. The Hall–Kier alpha value is -0.740. The number of hydrogen-bond acceptors (Lipinski definition) is 3. The molecule has 0 fully saturated rings. The molecule has 1 unspecified atom stereocenters. The molecule has 1 rings (SSSR count). The van der Waals surface area contributed by atoms with E-state index < -0.39 is 0 Å². The predicted molar refractivity (Wildman–Crippen MR) is 63.2 cm³/mol. The number of rotatable bonds is 4. The Bertz CT molecular complexity index is 330. The summed E-state index contributed by atoms with van der Waals surface area (Å²) in [7, 11) is 5.46. The van der Waals surface area contributed by atoms with E-state index in [0.717, 1.165) is 5.56 Å². The molecule has 0 spiro atoms. The quantitative estimate of drug-likeness (QED) is 0.796. The Kier molecular flexibility index (Phi) is 4.42. The molecule has 2 nitrogen and oxygen atoms in total. The first-order valence-electron chi connectivity index (χ1n) is 4.71. The molecular weight excluding hydrogens is 213 g/mol. The SMILES string of the molecule is COc1ccc(F)cc1C(CS)N(C)C. The molecule has 1 aromatic rings. The van der Waals surface area contributed by atoms with Crippen LogP contribution < -0.4 is 4.74 Å². The third-order valence-electron chi connectivity index (χ3n) is 2.35. The van der Waals surface area contributed by atoms with Crippen molar-refractivity contribution in [3.05, 3.63) is 29.6 Å². The largest absolute Gasteiger partial charge is 0.496 e. The first-order valence-corrected chi connectivity index (χ1v) is 5.34. The molecule has 0 N–H and O–H groups in total. The minimum atomic E-state index is -0.251. The zero-order valence-electron chi connectivity index (χ0n) is 9.20. The molecule has 0 saturated carbocycles. The summed E-state index contributed by atoms with van der Waals surface area (Å²) in [5, 5.41) is 0. The Morgan fingerprint density at radius 1 is 1.47 bits per heavy atom. The maximum Gasteiger partial charge on any atom is 0.123 e. The fourth-order valence-corrected chi connectivity index (χ4v) is 2.03. The molecule has 0 bridgehead atoms. The van der Waals surface area contributed by atoms with Gasteiger partial charge in [0, 0.05) is 17.4 Å². The summed E-state index contributed by atoms with van der Waals surface area (Å²) >= 11 is 4.27. The highest BCUT2D eigenvalue weighted by Gasteiger charge is 2.17. The number of benzene rings is 1. The van der Waals surface area contributed by atoms with Crippen LogP contribution in [0.25, 0.3) is 0 Å². The lowest BCUT2D eigenvalue weighted by molar-refractivity contribution is 0.312. The average Bonchev–Trinajstić information content (AvgIpc) is 2.18. The highest BCUT2D eigenvalue weighted by atomic mass is 32.1. The molecule has 0 saturated heterocycles. The predicted octanol–water partition coefficient (Wildman–Crippen LogP) is 2.37. The number of hydrogen-bond donors (Lipinski definition) is 1. The first-order chi connectivity index (χ1) is 7.10. The van der Waals surface area contributed by atoms with E-state index in [4.69, 9.17) is 4.74 Å². The topological polar surface area (TPSA) is 12.5 Å². The van der Waals surface area contributed by atoms with Gasteiger partial charge < -0.3 is 9.64 Å². The van der Waals surface area contributed by atoms with Gasteiger partial charge in [0.2, 0.25) is 0 Å². The maximum atomic E-state index is 13.1. The van der Waals surface area contributed by atoms with Gasteiger partial charge in [-0.2, -0.15) is 12.6 Å². The van der Waals surface area contributed by atoms with Crippen molar-refractivity contribution in [2.24, 2.45) is 0 Å². The lowest BCUT2D eigenvalue weighted by Crippen LogP contribution is -2.22. The molecule has 84 valence electrons. The van der Waals surface area contributed by atoms with E-state index in [9.17, 15) is 4.39 Å². The number of halogens is 1. The monoisotopic (exact) mass is 229 g/mol. The summed E-state index contributed by atoms with van der Waals surface area (Å²) < 4.78 is 18.4. The fourth-order valence-electron chi connectivity index (χ4n) is 1.51. The van der Waals surface area contributed by atoms with Crippen LogP contribution in [0.15, 0.2) is 18.2 Å². The van der Waals surface area contributed by atoms with Crippen molar-refractivity contribution in [2.45, 2.75) is 6.04 Å². The van der Waals surface area contributed by atoms with Gasteiger partial charge in [-0.1, -0.05) is 0 Å². The molecular formula is C11H16FNOS. The standard InChI is InChI=1S/C11H16FNOS/c1-13(2)10(7-15)9-6-8(12)4-5-11(9)14-3/h4-6,10,15H,7H2,1-3H3. The van der Waals surface area contributed by atoms with Crippen molar-refractivity contribution in [3.63, 3.8) is 0 Å². The van der Waals surface area contributed by atoms with Gasteiger partial charge in [0.25, 0.3) is 0 Å². The van der Waals surface area contributed by atoms with Crippen molar-refractivity contribution >= 4 is 12.6 Å². The van der Waals surface area contributed by atoms with Gasteiger partial charge in [-0.25, -0.2) is 4.39 Å². The second-order valence-electron chi connectivity index (χ2n) is 3.55. The Balaban J connectivity index is 3.13. The van der Waals surface area contributed by atoms with Crippen molar-refractivity contribution < 1.29 is 9.13 Å². The summed E-state index contributed by atoms with van der Waals surface area (Å²) in [6.07, 6.45) is 0. The van der Waals surface area contributed by atoms with Crippen molar-refractivity contribution in [1.82, 2.24) is 4.90 Å². The Morgan fingerprint density at radius 2 is 2.13 bits per heavy atom. The summed E-state index contributed by atoms with van der Waals surface area (Å²) in [4.78, 5) is 1.99. The molecule has 0 aliphatic heterocycles. The van der Waals surface area contributed by atoms with Crippen LogP contribution in [-0.4, -0.2) is 31.9 Å². The number of ether oxygens (including phenoxy) is 1. The average molecular weight is 229 g/mol. The van der Waals surface area contributed by atoms with Crippen LogP contribution in [0.2, 0.25) is 0 Å². The van der Waals surface area contributed by atoms with E-state index in [0.29, 0.717) is 11.5 Å². The van der Waals surface area contributed by atoms with Gasteiger partial charge >= 0.3 is 0 Å². The number of methoxy groups -OCH3 is 1. The molecule has 0 aromatic heterocycles. The number of nitrogens with zero attached hydrogens (tertiary/aromatic N) is 1. The molecule has 0 amide bonds. The van der Waals surface area contributed by atoms with E-state index in [1.165, 1.54) is 12.1 Å². The van der Waals surface area contributed by atoms with Crippen molar-refractivity contribution in [3.8, 4) is 5.75 Å². The first kappa shape index (κ1) is 12.3. The van der Waals surface area contributed by atoms with Gasteiger partial charge in [0.1, 0.15) is 11.6 Å². The molecule has 1 aromatic carbocycles. The molecule has 0 heterocycles. The highest BCUT2D eigenvalue weighted by Crippen LogP contribution is 2.29. The summed E-state index contributed by atoms with van der Waals surface area (Å²) in [5.74, 6) is 1.07. The zero-order valence-corrected chi connectivity index (χ0v) is 10.1. The van der Waals surface area contributed by atoms with Crippen LogP contribution in [0.5, 0.6) is 5.75 Å². The second kappa shape index (κ2) is 5.37. The molecule has 0 aliphatic rings. The normalized spacial score (nSPS) is 12.9.